The van der Waals surface area contributed by atoms with Gasteiger partial charge in [-0.05, 0) is 55.8 Å². The van der Waals surface area contributed by atoms with Crippen molar-refractivity contribution < 1.29 is 23.5 Å². The molecule has 1 atom stereocenters. The summed E-state index contributed by atoms with van der Waals surface area (Å²) in [6.45, 7) is 2.00. The van der Waals surface area contributed by atoms with Gasteiger partial charge in [0.05, 0.1) is 23.9 Å². The Morgan fingerprint density at radius 1 is 1.14 bits per heavy atom. The molecular weight excluding hydrogens is 494 g/mol. The third kappa shape index (κ3) is 6.05. The molecule has 3 aromatic carbocycles. The molecule has 6 nitrogen and oxygen atoms in total. The van der Waals surface area contributed by atoms with Gasteiger partial charge in [0.1, 0.15) is 17.3 Å². The number of anilines is 2. The molecule has 0 saturated heterocycles. The standard InChI is InChI=1S/C26H23Cl2FN2O4/c1-16-26(33)31(15-17-5-2-3-6-21(17)29)22-14-19(9-11-24(22)35-16)30-25(32)7-4-12-34-23-10-8-18(27)13-20(23)28/h2-3,5-6,8-11,13-14,16H,4,7,12,15H2,1H3,(H,30,32). The van der Waals surface area contributed by atoms with E-state index in [4.69, 9.17) is 32.7 Å². The van der Waals surface area contributed by atoms with E-state index >= 15 is 0 Å². The maximum atomic E-state index is 14.2. The molecule has 3 aromatic rings. The number of hydrogen-bond acceptors (Lipinski definition) is 4. The molecule has 35 heavy (non-hydrogen) atoms. The molecule has 1 aliphatic heterocycles. The van der Waals surface area contributed by atoms with Gasteiger partial charge in [-0.3, -0.25) is 9.59 Å². The Balaban J connectivity index is 1.39. The van der Waals surface area contributed by atoms with Crippen molar-refractivity contribution in [2.24, 2.45) is 0 Å². The predicted octanol–water partition coefficient (Wildman–Crippen LogP) is 6.24. The average molecular weight is 517 g/mol. The molecule has 1 heterocycles. The highest BCUT2D eigenvalue weighted by Gasteiger charge is 2.32. The Bertz CT molecular complexity index is 1250. The summed E-state index contributed by atoms with van der Waals surface area (Å²) in [7, 11) is 0. The fourth-order valence-corrected chi connectivity index (χ4v) is 4.14. The first-order valence-electron chi connectivity index (χ1n) is 11.0. The lowest BCUT2D eigenvalue weighted by atomic mass is 10.1. The second-order valence-electron chi connectivity index (χ2n) is 8.03. The van der Waals surface area contributed by atoms with E-state index in [1.165, 1.54) is 11.0 Å². The monoisotopic (exact) mass is 516 g/mol. The van der Waals surface area contributed by atoms with E-state index in [2.05, 4.69) is 5.32 Å². The largest absolute Gasteiger partial charge is 0.492 e. The van der Waals surface area contributed by atoms with Crippen LogP contribution in [0.5, 0.6) is 11.5 Å². The van der Waals surface area contributed by atoms with Crippen molar-refractivity contribution in [3.8, 4) is 11.5 Å². The first-order valence-corrected chi connectivity index (χ1v) is 11.8. The zero-order valence-electron chi connectivity index (χ0n) is 18.9. The number of amides is 2. The zero-order valence-corrected chi connectivity index (χ0v) is 20.4. The summed E-state index contributed by atoms with van der Waals surface area (Å²) in [5, 5.41) is 3.75. The Labute approximate surface area is 212 Å². The summed E-state index contributed by atoms with van der Waals surface area (Å²) in [5.41, 5.74) is 1.35. The van der Waals surface area contributed by atoms with Gasteiger partial charge in [0.15, 0.2) is 6.10 Å². The van der Waals surface area contributed by atoms with E-state index < -0.39 is 11.9 Å². The SMILES string of the molecule is CC1Oc2ccc(NC(=O)CCCOc3ccc(Cl)cc3Cl)cc2N(Cc2ccccc2F)C1=O. The second-order valence-corrected chi connectivity index (χ2v) is 8.88. The number of carbonyl (C=O) groups excluding carboxylic acids is 2. The summed E-state index contributed by atoms with van der Waals surface area (Å²) in [6, 6.07) is 16.3. The van der Waals surface area contributed by atoms with E-state index in [0.29, 0.717) is 51.5 Å². The van der Waals surface area contributed by atoms with Crippen LogP contribution in [0.25, 0.3) is 0 Å². The summed E-state index contributed by atoms with van der Waals surface area (Å²) in [6.07, 6.45) is -0.0223. The second kappa shape index (κ2) is 11.0. The number of halogens is 3. The van der Waals surface area contributed by atoms with Gasteiger partial charge < -0.3 is 19.7 Å². The highest BCUT2D eigenvalue weighted by atomic mass is 35.5. The van der Waals surface area contributed by atoms with Crippen molar-refractivity contribution in [3.05, 3.63) is 82.1 Å². The molecule has 1 unspecified atom stereocenters. The van der Waals surface area contributed by atoms with Crippen molar-refractivity contribution in [1.29, 1.82) is 0 Å². The quantitative estimate of drug-likeness (QED) is 0.359. The van der Waals surface area contributed by atoms with Crippen LogP contribution in [0.15, 0.2) is 60.7 Å². The van der Waals surface area contributed by atoms with Crippen LogP contribution >= 0.6 is 23.2 Å². The lowest BCUT2D eigenvalue weighted by molar-refractivity contribution is -0.125. The van der Waals surface area contributed by atoms with Gasteiger partial charge in [-0.2, -0.15) is 0 Å². The fourth-order valence-electron chi connectivity index (χ4n) is 3.68. The smallest absolute Gasteiger partial charge is 0.268 e. The highest BCUT2D eigenvalue weighted by molar-refractivity contribution is 6.35. The van der Waals surface area contributed by atoms with E-state index in [9.17, 15) is 14.0 Å². The number of ether oxygens (including phenoxy) is 2. The first kappa shape index (κ1) is 24.8. The van der Waals surface area contributed by atoms with Gasteiger partial charge in [0.2, 0.25) is 5.91 Å². The Morgan fingerprint density at radius 2 is 1.94 bits per heavy atom. The van der Waals surface area contributed by atoms with Gasteiger partial charge >= 0.3 is 0 Å². The predicted molar refractivity (Wildman–Crippen MR) is 134 cm³/mol. The number of rotatable bonds is 8. The van der Waals surface area contributed by atoms with Crippen LogP contribution in [0.3, 0.4) is 0 Å². The van der Waals surface area contributed by atoms with Crippen LogP contribution in [-0.2, 0) is 16.1 Å². The third-order valence-corrected chi connectivity index (χ3v) is 5.97. The lowest BCUT2D eigenvalue weighted by Crippen LogP contribution is -2.44. The molecule has 9 heteroatoms. The van der Waals surface area contributed by atoms with Crippen molar-refractivity contribution in [3.63, 3.8) is 0 Å². The summed E-state index contributed by atoms with van der Waals surface area (Å²) in [5.74, 6) is 0.0855. The van der Waals surface area contributed by atoms with E-state index in [1.54, 1.807) is 61.5 Å². The van der Waals surface area contributed by atoms with Gasteiger partial charge in [0.25, 0.3) is 5.91 Å². The molecule has 1 N–H and O–H groups in total. The molecule has 0 bridgehead atoms. The Hall–Kier alpha value is -3.29. The molecule has 0 aromatic heterocycles. The van der Waals surface area contributed by atoms with Crippen LogP contribution in [0.4, 0.5) is 15.8 Å². The Kier molecular flexibility index (Phi) is 7.78. The molecule has 0 spiro atoms. The highest BCUT2D eigenvalue weighted by Crippen LogP contribution is 2.37. The number of nitrogens with one attached hydrogen (secondary N) is 1. The van der Waals surface area contributed by atoms with Crippen LogP contribution < -0.4 is 19.7 Å². The molecule has 0 fully saturated rings. The van der Waals surface area contributed by atoms with Crippen molar-refractivity contribution in [2.45, 2.75) is 32.4 Å². The van der Waals surface area contributed by atoms with E-state index in [-0.39, 0.29) is 24.8 Å². The minimum absolute atomic E-state index is 0.0498. The van der Waals surface area contributed by atoms with Gasteiger partial charge in [-0.15, -0.1) is 0 Å². The van der Waals surface area contributed by atoms with Gasteiger partial charge in [-0.25, -0.2) is 4.39 Å². The van der Waals surface area contributed by atoms with Crippen LogP contribution in [0.1, 0.15) is 25.3 Å². The van der Waals surface area contributed by atoms with Crippen molar-refractivity contribution >= 4 is 46.4 Å². The molecule has 2 amide bonds. The fraction of sp³-hybridized carbons (Fsp3) is 0.231. The van der Waals surface area contributed by atoms with E-state index in [0.717, 1.165) is 0 Å². The van der Waals surface area contributed by atoms with Gasteiger partial charge in [-0.1, -0.05) is 41.4 Å². The van der Waals surface area contributed by atoms with Gasteiger partial charge in [0, 0.05) is 22.7 Å². The summed E-state index contributed by atoms with van der Waals surface area (Å²) < 4.78 is 25.6. The first-order chi connectivity index (χ1) is 16.8. The minimum Gasteiger partial charge on any atom is -0.492 e. The van der Waals surface area contributed by atoms with Crippen LogP contribution in [0.2, 0.25) is 10.0 Å². The molecule has 0 radical (unpaired) electrons. The zero-order chi connectivity index (χ0) is 24.9. The normalized spacial score (nSPS) is 14.8. The average Bonchev–Trinajstić information content (AvgIpc) is 2.82. The Morgan fingerprint density at radius 3 is 2.71 bits per heavy atom. The number of benzene rings is 3. The van der Waals surface area contributed by atoms with Crippen LogP contribution in [0, 0.1) is 5.82 Å². The topological polar surface area (TPSA) is 67.9 Å². The number of fused-ring (bicyclic) bond motifs is 1. The lowest BCUT2D eigenvalue weighted by Gasteiger charge is -2.33. The maximum absolute atomic E-state index is 14.2. The third-order valence-electron chi connectivity index (χ3n) is 5.44. The maximum Gasteiger partial charge on any atom is 0.268 e. The molecular formula is C26H23Cl2FN2O4. The molecule has 1 aliphatic rings. The molecule has 182 valence electrons. The van der Waals surface area contributed by atoms with Crippen molar-refractivity contribution in [2.75, 3.05) is 16.8 Å². The minimum atomic E-state index is -0.705. The molecule has 4 rings (SSSR count). The summed E-state index contributed by atoms with van der Waals surface area (Å²) >= 11 is 12.0. The number of carbonyl (C=O) groups is 2. The number of nitrogens with zero attached hydrogens (tertiary/aromatic N) is 1. The summed E-state index contributed by atoms with van der Waals surface area (Å²) in [4.78, 5) is 26.8. The van der Waals surface area contributed by atoms with Crippen LogP contribution in [-0.4, -0.2) is 24.5 Å². The molecule has 0 aliphatic carbocycles. The van der Waals surface area contributed by atoms with Crippen molar-refractivity contribution in [1.82, 2.24) is 0 Å². The molecule has 0 saturated carbocycles. The van der Waals surface area contributed by atoms with E-state index in [1.807, 2.05) is 0 Å². The number of hydrogen-bond donors (Lipinski definition) is 1.